The van der Waals surface area contributed by atoms with Gasteiger partial charge in [0.1, 0.15) is 5.92 Å². The first-order chi connectivity index (χ1) is 30.7. The Hall–Kier alpha value is -8.58. The van der Waals surface area contributed by atoms with Crippen LogP contribution in [0.25, 0.3) is 104 Å². The average molecular weight is 791 g/mol. The fourth-order valence-electron chi connectivity index (χ4n) is 10.8. The van der Waals surface area contributed by atoms with Crippen LogP contribution < -0.4 is 0 Å². The number of fused-ring (bicyclic) bond motifs is 12. The average Bonchev–Trinajstić information content (AvgIpc) is 4.06. The summed E-state index contributed by atoms with van der Waals surface area (Å²) in [5, 5.41) is 33.2. The molecule has 0 saturated heterocycles. The number of benzene rings is 8. The summed E-state index contributed by atoms with van der Waals surface area (Å²) in [6.07, 6.45) is 2.12. The van der Waals surface area contributed by atoms with E-state index in [9.17, 15) is 10.5 Å². The molecule has 13 rings (SSSR count). The molecule has 0 aliphatic heterocycles. The normalized spacial score (nSPS) is 16.9. The lowest BCUT2D eigenvalue weighted by molar-refractivity contribution is 0.441. The molecule has 4 heterocycles. The molecule has 0 saturated carbocycles. The van der Waals surface area contributed by atoms with Gasteiger partial charge >= 0.3 is 0 Å². The maximum absolute atomic E-state index is 12.4. The van der Waals surface area contributed by atoms with Crippen molar-refractivity contribution < 1.29 is 0 Å². The number of rotatable bonds is 4. The molecule has 0 fully saturated rings. The standard InChI is InChI=1S/C56H34N6/c57-34-44-54(60-47-27-11-3-19-38(47)39-20-4-12-28-48(39)60)55(61-49-29-13-5-21-40(49)41-22-6-14-30-50(41)61)53(59-45-25-9-1-17-36(45)37-18-2-10-26-46(37)59)33-56(44,35-58)62-51-31-15-7-23-42(51)43-24-8-16-32-52(43)62/h1-33,44H. The van der Waals surface area contributed by atoms with Crippen molar-refractivity contribution in [3.8, 4) is 12.1 Å². The second-order valence-corrected chi connectivity index (χ2v) is 16.2. The lowest BCUT2D eigenvalue weighted by Gasteiger charge is -2.40. The monoisotopic (exact) mass is 790 g/mol. The predicted octanol–water partition coefficient (Wildman–Crippen LogP) is 13.6. The largest absolute Gasteiger partial charge is 0.316 e. The van der Waals surface area contributed by atoms with Gasteiger partial charge < -0.3 is 18.3 Å². The molecule has 6 heteroatoms. The van der Waals surface area contributed by atoms with Crippen LogP contribution in [0.15, 0.2) is 200 Å². The second-order valence-electron chi connectivity index (χ2n) is 16.2. The third-order valence-electron chi connectivity index (χ3n) is 13.3. The van der Waals surface area contributed by atoms with Crippen LogP contribution in [0, 0.1) is 28.6 Å². The highest BCUT2D eigenvalue weighted by Crippen LogP contribution is 2.54. The van der Waals surface area contributed by atoms with E-state index in [-0.39, 0.29) is 0 Å². The Morgan fingerprint density at radius 3 is 0.984 bits per heavy atom. The van der Waals surface area contributed by atoms with Gasteiger partial charge in [0.25, 0.3) is 0 Å². The van der Waals surface area contributed by atoms with Gasteiger partial charge in [-0.2, -0.15) is 10.5 Å². The van der Waals surface area contributed by atoms with E-state index < -0.39 is 11.5 Å². The van der Waals surface area contributed by atoms with Crippen LogP contribution in [-0.4, -0.2) is 18.3 Å². The number of hydrogen-bond donors (Lipinski definition) is 0. The molecule has 8 aromatic carbocycles. The Morgan fingerprint density at radius 2 is 0.645 bits per heavy atom. The zero-order valence-electron chi connectivity index (χ0n) is 33.3. The minimum atomic E-state index is -1.57. The molecule has 1 aliphatic carbocycles. The number of allylic oxidation sites excluding steroid dienone is 4. The number of para-hydroxylation sites is 8. The van der Waals surface area contributed by atoms with Crippen LogP contribution in [0.2, 0.25) is 0 Å². The molecule has 2 atom stereocenters. The van der Waals surface area contributed by atoms with Crippen molar-refractivity contribution in [2.24, 2.45) is 5.92 Å². The fourth-order valence-corrected chi connectivity index (χ4v) is 10.8. The maximum Gasteiger partial charge on any atom is 0.174 e. The first-order valence-electron chi connectivity index (χ1n) is 20.9. The molecule has 0 radical (unpaired) electrons. The van der Waals surface area contributed by atoms with Crippen molar-refractivity contribution in [2.45, 2.75) is 5.54 Å². The first-order valence-corrected chi connectivity index (χ1v) is 20.9. The molecule has 0 N–H and O–H groups in total. The molecule has 6 nitrogen and oxygen atoms in total. The van der Waals surface area contributed by atoms with Gasteiger partial charge in [0.05, 0.1) is 73.4 Å². The minimum absolute atomic E-state index is 0.721. The van der Waals surface area contributed by atoms with Gasteiger partial charge in [0.15, 0.2) is 5.54 Å². The summed E-state index contributed by atoms with van der Waals surface area (Å²) >= 11 is 0. The third-order valence-corrected chi connectivity index (χ3v) is 13.3. The van der Waals surface area contributed by atoms with Crippen LogP contribution in [-0.2, 0) is 5.54 Å². The Kier molecular flexibility index (Phi) is 7.03. The van der Waals surface area contributed by atoms with E-state index in [2.05, 4.69) is 206 Å². The molecule has 0 spiro atoms. The lowest BCUT2D eigenvalue weighted by atomic mass is 9.76. The van der Waals surface area contributed by atoms with Gasteiger partial charge in [-0.1, -0.05) is 146 Å². The van der Waals surface area contributed by atoms with E-state index in [0.29, 0.717) is 0 Å². The van der Waals surface area contributed by atoms with E-state index in [0.717, 1.165) is 104 Å². The number of nitrogens with zero attached hydrogens (tertiary/aromatic N) is 6. The van der Waals surface area contributed by atoms with E-state index in [4.69, 9.17) is 0 Å². The fraction of sp³-hybridized carbons (Fsp3) is 0.0357. The maximum atomic E-state index is 12.4. The zero-order valence-corrected chi connectivity index (χ0v) is 33.3. The van der Waals surface area contributed by atoms with Gasteiger partial charge in [-0.3, -0.25) is 0 Å². The summed E-state index contributed by atoms with van der Waals surface area (Å²) in [5.41, 5.74) is 8.50. The van der Waals surface area contributed by atoms with Crippen LogP contribution in [0.3, 0.4) is 0 Å². The molecule has 12 aromatic rings. The topological polar surface area (TPSA) is 67.3 Å². The highest BCUT2D eigenvalue weighted by molar-refractivity contribution is 6.21. The van der Waals surface area contributed by atoms with Crippen molar-refractivity contribution in [1.82, 2.24) is 18.3 Å². The summed E-state index contributed by atoms with van der Waals surface area (Å²) in [6.45, 7) is 0. The van der Waals surface area contributed by atoms with E-state index in [1.165, 1.54) is 0 Å². The van der Waals surface area contributed by atoms with Crippen LogP contribution >= 0.6 is 0 Å². The van der Waals surface area contributed by atoms with Crippen molar-refractivity contribution in [3.63, 3.8) is 0 Å². The highest BCUT2D eigenvalue weighted by Gasteiger charge is 2.50. The third kappa shape index (κ3) is 4.35. The summed E-state index contributed by atoms with van der Waals surface area (Å²) in [7, 11) is 0. The number of aromatic nitrogens is 4. The lowest BCUT2D eigenvalue weighted by Crippen LogP contribution is -2.42. The molecule has 4 aromatic heterocycles. The van der Waals surface area contributed by atoms with Crippen LogP contribution in [0.4, 0.5) is 0 Å². The smallest absolute Gasteiger partial charge is 0.174 e. The van der Waals surface area contributed by atoms with Gasteiger partial charge in [-0.05, 0) is 54.6 Å². The molecular weight excluding hydrogens is 757 g/mol. The molecule has 0 amide bonds. The van der Waals surface area contributed by atoms with Gasteiger partial charge in [0, 0.05) is 43.1 Å². The van der Waals surface area contributed by atoms with E-state index in [1.54, 1.807) is 0 Å². The molecular formula is C56H34N6. The van der Waals surface area contributed by atoms with Crippen molar-refractivity contribution in [1.29, 1.82) is 10.5 Å². The zero-order chi connectivity index (χ0) is 41.1. The quantitative estimate of drug-likeness (QED) is 0.178. The molecule has 2 unspecified atom stereocenters. The van der Waals surface area contributed by atoms with Crippen LogP contribution in [0.5, 0.6) is 0 Å². The van der Waals surface area contributed by atoms with Crippen molar-refractivity contribution in [3.05, 3.63) is 200 Å². The highest BCUT2D eigenvalue weighted by atomic mass is 15.2. The van der Waals surface area contributed by atoms with Crippen LogP contribution in [0.1, 0.15) is 0 Å². The molecule has 62 heavy (non-hydrogen) atoms. The summed E-state index contributed by atoms with van der Waals surface area (Å²) in [5.74, 6) is -1.03. The second kappa shape index (κ2) is 12.7. The number of hydrogen-bond acceptors (Lipinski definition) is 2. The summed E-state index contributed by atoms with van der Waals surface area (Å²) in [4.78, 5) is 0. The van der Waals surface area contributed by atoms with Gasteiger partial charge in [-0.15, -0.1) is 0 Å². The van der Waals surface area contributed by atoms with Gasteiger partial charge in [0.2, 0.25) is 0 Å². The first kappa shape index (κ1) is 34.3. The van der Waals surface area contributed by atoms with Crippen molar-refractivity contribution >= 4 is 104 Å². The SMILES string of the molecule is N#CC1C(n2c3ccccc3c3ccccc32)=C(n2c3ccccc3c3ccccc32)C(n2c3ccccc3c3ccccc32)=CC1(C#N)n1c2ccccc2c2ccccc21. The Morgan fingerprint density at radius 1 is 0.355 bits per heavy atom. The number of nitriles is 2. The predicted molar refractivity (Wildman–Crippen MR) is 254 cm³/mol. The Labute approximate surface area is 355 Å². The van der Waals surface area contributed by atoms with Crippen molar-refractivity contribution in [2.75, 3.05) is 0 Å². The Balaban J connectivity index is 1.33. The molecule has 0 bridgehead atoms. The van der Waals surface area contributed by atoms with E-state index >= 15 is 0 Å². The molecule has 288 valence electrons. The minimum Gasteiger partial charge on any atom is -0.316 e. The molecule has 1 aliphatic rings. The summed E-state index contributed by atoms with van der Waals surface area (Å²) < 4.78 is 9.13. The Bertz CT molecular complexity index is 3820. The summed E-state index contributed by atoms with van der Waals surface area (Å²) in [6, 6.07) is 73.4. The van der Waals surface area contributed by atoms with Gasteiger partial charge in [-0.25, -0.2) is 0 Å². The van der Waals surface area contributed by atoms with E-state index in [1.807, 2.05) is 24.3 Å².